The molecule has 0 aliphatic heterocycles. The average Bonchev–Trinajstić information content (AvgIpc) is 2.38. The van der Waals surface area contributed by atoms with Crippen LogP contribution in [-0.2, 0) is 16.0 Å². The van der Waals surface area contributed by atoms with Crippen LogP contribution in [0.4, 0.5) is 0 Å². The molecule has 1 N–H and O–H groups in total. The highest BCUT2D eigenvalue weighted by atomic mass is 16.7. The Labute approximate surface area is 103 Å². The van der Waals surface area contributed by atoms with Crippen LogP contribution in [-0.4, -0.2) is 33.7 Å². The summed E-state index contributed by atoms with van der Waals surface area (Å²) in [6.07, 6.45) is -0.228. The predicted molar refractivity (Wildman–Crippen MR) is 67.1 cm³/mol. The van der Waals surface area contributed by atoms with E-state index < -0.39 is 0 Å². The number of nitrogens with one attached hydrogen (secondary N) is 1. The largest absolute Gasteiger partial charge is 0.497 e. The van der Waals surface area contributed by atoms with Crippen molar-refractivity contribution in [3.05, 3.63) is 29.8 Å². The topological polar surface area (TPSA) is 39.7 Å². The summed E-state index contributed by atoms with van der Waals surface area (Å²) in [6, 6.07) is 8.10. The number of rotatable bonds is 7. The van der Waals surface area contributed by atoms with Gasteiger partial charge in [0.25, 0.3) is 0 Å². The lowest BCUT2D eigenvalue weighted by Gasteiger charge is -2.22. The van der Waals surface area contributed by atoms with Crippen molar-refractivity contribution >= 4 is 0 Å². The van der Waals surface area contributed by atoms with E-state index in [0.29, 0.717) is 0 Å². The molecule has 0 aromatic heterocycles. The number of hydrogen-bond acceptors (Lipinski definition) is 4. The van der Waals surface area contributed by atoms with E-state index in [1.54, 1.807) is 21.3 Å². The molecule has 0 heterocycles. The zero-order valence-electron chi connectivity index (χ0n) is 10.9. The Hall–Kier alpha value is -1.10. The molecule has 1 aromatic rings. The van der Waals surface area contributed by atoms with Gasteiger partial charge in [0.05, 0.1) is 13.2 Å². The molecule has 1 unspecified atom stereocenters. The molecular weight excluding hydrogens is 218 g/mol. The highest BCUT2D eigenvalue weighted by Crippen LogP contribution is 2.11. The Morgan fingerprint density at radius 1 is 1.06 bits per heavy atom. The van der Waals surface area contributed by atoms with Gasteiger partial charge in [0.2, 0.25) is 0 Å². The molecule has 1 aromatic carbocycles. The van der Waals surface area contributed by atoms with Crippen LogP contribution in [0.1, 0.15) is 12.5 Å². The van der Waals surface area contributed by atoms with E-state index >= 15 is 0 Å². The first-order valence-corrected chi connectivity index (χ1v) is 5.63. The maximum absolute atomic E-state index is 5.18. The first-order valence-electron chi connectivity index (χ1n) is 5.63. The van der Waals surface area contributed by atoms with E-state index in [4.69, 9.17) is 14.2 Å². The highest BCUT2D eigenvalue weighted by Gasteiger charge is 2.14. The van der Waals surface area contributed by atoms with Crippen LogP contribution in [0.5, 0.6) is 5.75 Å². The van der Waals surface area contributed by atoms with Gasteiger partial charge in [-0.3, -0.25) is 0 Å². The van der Waals surface area contributed by atoms with Crippen molar-refractivity contribution < 1.29 is 14.2 Å². The van der Waals surface area contributed by atoms with Crippen molar-refractivity contribution in [1.29, 1.82) is 0 Å². The van der Waals surface area contributed by atoms with Crippen LogP contribution in [0.3, 0.4) is 0 Å². The van der Waals surface area contributed by atoms with Crippen molar-refractivity contribution in [2.75, 3.05) is 21.3 Å². The maximum atomic E-state index is 5.18. The number of benzene rings is 1. The Morgan fingerprint density at radius 2 is 1.65 bits per heavy atom. The van der Waals surface area contributed by atoms with Crippen LogP contribution in [0.2, 0.25) is 0 Å². The summed E-state index contributed by atoms with van der Waals surface area (Å²) >= 11 is 0. The number of hydrogen-bond donors (Lipinski definition) is 1. The highest BCUT2D eigenvalue weighted by molar-refractivity contribution is 5.27. The first kappa shape index (κ1) is 14.0. The Kier molecular flexibility index (Phi) is 5.97. The van der Waals surface area contributed by atoms with Crippen molar-refractivity contribution in [2.24, 2.45) is 0 Å². The Morgan fingerprint density at radius 3 is 2.12 bits per heavy atom. The van der Waals surface area contributed by atoms with Crippen molar-refractivity contribution in [2.45, 2.75) is 25.8 Å². The van der Waals surface area contributed by atoms with Gasteiger partial charge in [0.15, 0.2) is 6.29 Å². The summed E-state index contributed by atoms with van der Waals surface area (Å²) in [5, 5.41) is 3.35. The summed E-state index contributed by atoms with van der Waals surface area (Å²) < 4.78 is 15.5. The predicted octanol–water partition coefficient (Wildman–Crippen LogP) is 1.79. The molecule has 0 fully saturated rings. The van der Waals surface area contributed by atoms with Gasteiger partial charge >= 0.3 is 0 Å². The van der Waals surface area contributed by atoms with Crippen molar-refractivity contribution in [1.82, 2.24) is 5.32 Å². The molecule has 96 valence electrons. The van der Waals surface area contributed by atoms with E-state index in [1.807, 2.05) is 31.2 Å². The lowest BCUT2D eigenvalue weighted by Crippen LogP contribution is -2.39. The fourth-order valence-corrected chi connectivity index (χ4v) is 1.62. The lowest BCUT2D eigenvalue weighted by molar-refractivity contribution is -0.119. The van der Waals surface area contributed by atoms with Crippen LogP contribution in [0, 0.1) is 0 Å². The number of methoxy groups -OCH3 is 3. The normalized spacial score (nSPS) is 12.8. The second-order valence-electron chi connectivity index (χ2n) is 3.86. The van der Waals surface area contributed by atoms with E-state index in [1.165, 1.54) is 5.56 Å². The monoisotopic (exact) mass is 239 g/mol. The molecular formula is C13H21NO3. The van der Waals surface area contributed by atoms with E-state index in [9.17, 15) is 0 Å². The maximum Gasteiger partial charge on any atom is 0.171 e. The number of ether oxygens (including phenoxy) is 3. The molecule has 1 rings (SSSR count). The second-order valence-corrected chi connectivity index (χ2v) is 3.86. The molecule has 0 saturated carbocycles. The van der Waals surface area contributed by atoms with E-state index in [2.05, 4.69) is 5.32 Å². The van der Waals surface area contributed by atoms with Crippen LogP contribution in [0.25, 0.3) is 0 Å². The Balaban J connectivity index is 2.43. The molecule has 0 saturated heterocycles. The summed E-state index contributed by atoms with van der Waals surface area (Å²) in [5.74, 6) is 0.869. The van der Waals surface area contributed by atoms with Gasteiger partial charge in [0, 0.05) is 20.8 Å². The molecule has 0 spiro atoms. The van der Waals surface area contributed by atoms with Crippen LogP contribution < -0.4 is 10.1 Å². The van der Waals surface area contributed by atoms with Gasteiger partial charge in [-0.05, 0) is 24.6 Å². The molecule has 1 atom stereocenters. The van der Waals surface area contributed by atoms with Gasteiger partial charge < -0.3 is 19.5 Å². The summed E-state index contributed by atoms with van der Waals surface area (Å²) in [5.41, 5.74) is 1.20. The molecule has 17 heavy (non-hydrogen) atoms. The molecule has 4 heteroatoms. The second kappa shape index (κ2) is 7.27. The zero-order valence-corrected chi connectivity index (χ0v) is 10.9. The SMILES string of the molecule is COc1ccc(CNC(C)C(OC)OC)cc1. The molecule has 0 bridgehead atoms. The molecule has 4 nitrogen and oxygen atoms in total. The minimum atomic E-state index is -0.228. The fourth-order valence-electron chi connectivity index (χ4n) is 1.62. The third-order valence-electron chi connectivity index (χ3n) is 2.66. The minimum Gasteiger partial charge on any atom is -0.497 e. The van der Waals surface area contributed by atoms with Crippen LogP contribution >= 0.6 is 0 Å². The minimum absolute atomic E-state index is 0.132. The third kappa shape index (κ3) is 4.34. The Bertz CT molecular complexity index is 309. The van der Waals surface area contributed by atoms with E-state index in [0.717, 1.165) is 12.3 Å². The molecule has 0 amide bonds. The van der Waals surface area contributed by atoms with Crippen molar-refractivity contribution in [3.63, 3.8) is 0 Å². The van der Waals surface area contributed by atoms with Gasteiger partial charge in [-0.25, -0.2) is 0 Å². The standard InChI is InChI=1S/C13H21NO3/c1-10(13(16-3)17-4)14-9-11-5-7-12(15-2)8-6-11/h5-8,10,13-14H,9H2,1-4H3. The van der Waals surface area contributed by atoms with Gasteiger partial charge in [-0.2, -0.15) is 0 Å². The molecule has 0 radical (unpaired) electrons. The fraction of sp³-hybridized carbons (Fsp3) is 0.538. The van der Waals surface area contributed by atoms with Crippen molar-refractivity contribution in [3.8, 4) is 5.75 Å². The lowest BCUT2D eigenvalue weighted by atomic mass is 10.2. The van der Waals surface area contributed by atoms with E-state index in [-0.39, 0.29) is 12.3 Å². The van der Waals surface area contributed by atoms with Crippen LogP contribution in [0.15, 0.2) is 24.3 Å². The zero-order chi connectivity index (χ0) is 12.7. The van der Waals surface area contributed by atoms with Gasteiger partial charge in [0.1, 0.15) is 5.75 Å². The quantitative estimate of drug-likeness (QED) is 0.736. The smallest absolute Gasteiger partial charge is 0.171 e. The summed E-state index contributed by atoms with van der Waals surface area (Å²) in [4.78, 5) is 0. The first-order chi connectivity index (χ1) is 8.21. The average molecular weight is 239 g/mol. The summed E-state index contributed by atoms with van der Waals surface area (Å²) in [7, 11) is 4.94. The van der Waals surface area contributed by atoms with Gasteiger partial charge in [-0.1, -0.05) is 12.1 Å². The third-order valence-corrected chi connectivity index (χ3v) is 2.66. The molecule has 0 aliphatic rings. The summed E-state index contributed by atoms with van der Waals surface area (Å²) in [6.45, 7) is 2.80. The molecule has 0 aliphatic carbocycles. The van der Waals surface area contributed by atoms with Gasteiger partial charge in [-0.15, -0.1) is 0 Å².